The number of carbonyl (C=O) groups is 1. The Morgan fingerprint density at radius 1 is 0.966 bits per heavy atom. The Labute approximate surface area is 166 Å². The number of carboxylic acids is 1. The van der Waals surface area contributed by atoms with Gasteiger partial charge in [-0.2, -0.15) is 10.2 Å². The fourth-order valence-corrected chi connectivity index (χ4v) is 4.01. The van der Waals surface area contributed by atoms with Gasteiger partial charge in [0.1, 0.15) is 11.3 Å². The average Bonchev–Trinajstić information content (AvgIpc) is 3.15. The smallest absolute Gasteiger partial charge is 0.339 e. The van der Waals surface area contributed by atoms with Gasteiger partial charge in [-0.15, -0.1) is 0 Å². The lowest BCUT2D eigenvalue weighted by Crippen LogP contribution is -2.11. The largest absolute Gasteiger partial charge is 0.507 e. The van der Waals surface area contributed by atoms with E-state index in [1.54, 1.807) is 12.3 Å². The summed E-state index contributed by atoms with van der Waals surface area (Å²) in [5.74, 6) is -1.41. The average molecular weight is 383 g/mol. The third-order valence-corrected chi connectivity index (χ3v) is 5.33. The van der Waals surface area contributed by atoms with Crippen molar-refractivity contribution < 1.29 is 15.0 Å². The van der Waals surface area contributed by atoms with Crippen LogP contribution in [0.25, 0.3) is 28.1 Å². The van der Waals surface area contributed by atoms with Crippen LogP contribution in [0.4, 0.5) is 0 Å². The minimum atomic E-state index is -1.16. The first-order chi connectivity index (χ1) is 14.1. The van der Waals surface area contributed by atoms with E-state index in [0.717, 1.165) is 46.6 Å². The second-order valence-corrected chi connectivity index (χ2v) is 6.99. The lowest BCUT2D eigenvalue weighted by Gasteiger charge is -2.19. The van der Waals surface area contributed by atoms with Crippen LogP contribution in [0.1, 0.15) is 21.7 Å². The first-order valence-corrected chi connectivity index (χ1v) is 9.31. The van der Waals surface area contributed by atoms with E-state index in [-0.39, 0.29) is 11.3 Å². The summed E-state index contributed by atoms with van der Waals surface area (Å²) in [5.41, 5.74) is 6.74. The molecule has 142 valence electrons. The molecule has 0 radical (unpaired) electrons. The van der Waals surface area contributed by atoms with Crippen LogP contribution in [0.5, 0.6) is 5.75 Å². The van der Waals surface area contributed by atoms with Crippen molar-refractivity contribution in [1.29, 1.82) is 0 Å². The monoisotopic (exact) mass is 383 g/mol. The maximum atomic E-state index is 11.6. The van der Waals surface area contributed by atoms with Crippen molar-refractivity contribution in [2.75, 3.05) is 0 Å². The van der Waals surface area contributed by atoms with Crippen molar-refractivity contribution in [2.45, 2.75) is 12.8 Å². The molecule has 2 N–H and O–H groups in total. The highest BCUT2D eigenvalue weighted by Gasteiger charge is 2.25. The number of hydrogen-bond donors (Lipinski definition) is 2. The van der Waals surface area contributed by atoms with E-state index in [2.05, 4.69) is 20.8 Å². The minimum Gasteiger partial charge on any atom is -0.507 e. The second kappa shape index (κ2) is 6.60. The summed E-state index contributed by atoms with van der Waals surface area (Å²) in [7, 11) is 0. The number of fused-ring (bicyclic) bond motifs is 3. The number of aromatic nitrogens is 3. The fourth-order valence-electron chi connectivity index (χ4n) is 4.01. The molecule has 6 heteroatoms. The molecule has 0 saturated carbocycles. The van der Waals surface area contributed by atoms with Crippen LogP contribution < -0.4 is 0 Å². The summed E-state index contributed by atoms with van der Waals surface area (Å²) in [5, 5.41) is 27.7. The van der Waals surface area contributed by atoms with Crippen molar-refractivity contribution in [2.24, 2.45) is 0 Å². The number of aryl methyl sites for hydroxylation is 1. The third-order valence-electron chi connectivity index (χ3n) is 5.33. The van der Waals surface area contributed by atoms with E-state index < -0.39 is 5.97 Å². The van der Waals surface area contributed by atoms with E-state index in [4.69, 9.17) is 0 Å². The van der Waals surface area contributed by atoms with Crippen molar-refractivity contribution in [3.63, 3.8) is 0 Å². The molecule has 0 saturated heterocycles. The zero-order valence-electron chi connectivity index (χ0n) is 15.4. The number of hydrogen-bond acceptors (Lipinski definition) is 4. The molecule has 1 aliphatic carbocycles. The lowest BCUT2D eigenvalue weighted by molar-refractivity contribution is 0.0693. The molecule has 0 fully saturated rings. The molecule has 29 heavy (non-hydrogen) atoms. The van der Waals surface area contributed by atoms with Crippen molar-refractivity contribution in [3.05, 3.63) is 83.8 Å². The zero-order chi connectivity index (χ0) is 20.0. The molecule has 1 aliphatic rings. The van der Waals surface area contributed by atoms with Crippen LogP contribution in [0.15, 0.2) is 66.9 Å². The summed E-state index contributed by atoms with van der Waals surface area (Å²) in [6, 6.07) is 18.8. The summed E-state index contributed by atoms with van der Waals surface area (Å²) in [6.07, 6.45) is 3.21. The number of nitrogens with zero attached hydrogens (tertiary/aromatic N) is 3. The van der Waals surface area contributed by atoms with Crippen LogP contribution in [-0.2, 0) is 12.8 Å². The molecule has 0 atom stereocenters. The van der Waals surface area contributed by atoms with E-state index >= 15 is 0 Å². The SMILES string of the molecule is O=C(O)c1cc(-n2c(-c3ccccc3)cc3c2CCc2nnccc2-3)ccc1O. The Bertz CT molecular complexity index is 1250. The van der Waals surface area contributed by atoms with Crippen molar-refractivity contribution in [1.82, 2.24) is 14.8 Å². The predicted octanol–water partition coefficient (Wildman–Crippen LogP) is 4.10. The lowest BCUT2D eigenvalue weighted by atomic mass is 9.94. The van der Waals surface area contributed by atoms with Gasteiger partial charge >= 0.3 is 5.97 Å². The van der Waals surface area contributed by atoms with Gasteiger partial charge in [0.05, 0.1) is 17.6 Å². The van der Waals surface area contributed by atoms with Gasteiger partial charge in [0.25, 0.3) is 0 Å². The summed E-state index contributed by atoms with van der Waals surface area (Å²) in [4.78, 5) is 11.6. The molecule has 2 aromatic carbocycles. The Kier molecular flexibility index (Phi) is 3.91. The van der Waals surface area contributed by atoms with Gasteiger partial charge in [-0.05, 0) is 48.7 Å². The number of benzene rings is 2. The van der Waals surface area contributed by atoms with E-state index in [0.29, 0.717) is 5.69 Å². The Morgan fingerprint density at radius 2 is 1.79 bits per heavy atom. The number of aromatic hydroxyl groups is 1. The molecule has 2 aromatic heterocycles. The van der Waals surface area contributed by atoms with Gasteiger partial charge in [-0.3, -0.25) is 0 Å². The fraction of sp³-hybridized carbons (Fsp3) is 0.0870. The van der Waals surface area contributed by atoms with Gasteiger partial charge in [0, 0.05) is 22.5 Å². The molecule has 0 unspecified atom stereocenters. The molecule has 5 rings (SSSR count). The molecule has 6 nitrogen and oxygen atoms in total. The molecule has 0 bridgehead atoms. The van der Waals surface area contributed by atoms with Crippen molar-refractivity contribution in [3.8, 4) is 33.8 Å². The molecular weight excluding hydrogens is 366 g/mol. The minimum absolute atomic E-state index is 0.119. The summed E-state index contributed by atoms with van der Waals surface area (Å²) in [6.45, 7) is 0. The number of rotatable bonds is 3. The summed E-state index contributed by atoms with van der Waals surface area (Å²) >= 11 is 0. The Morgan fingerprint density at radius 3 is 2.59 bits per heavy atom. The van der Waals surface area contributed by atoms with Gasteiger partial charge in [-0.1, -0.05) is 30.3 Å². The standard InChI is InChI=1S/C23H17N3O3/c27-22-9-6-15(12-18(22)23(28)29)26-20-8-7-19-16(10-11-24-25-19)17(20)13-21(26)14-4-2-1-3-5-14/h1-6,9-13,27H,7-8H2,(H,28,29). The highest BCUT2D eigenvalue weighted by atomic mass is 16.4. The zero-order valence-corrected chi connectivity index (χ0v) is 15.4. The van der Waals surface area contributed by atoms with E-state index in [1.165, 1.54) is 12.1 Å². The number of carboxylic acid groups (broad SMARTS) is 1. The Hall–Kier alpha value is -3.93. The normalized spacial score (nSPS) is 12.3. The topological polar surface area (TPSA) is 88.2 Å². The van der Waals surface area contributed by atoms with Gasteiger partial charge in [0.15, 0.2) is 0 Å². The van der Waals surface area contributed by atoms with Crippen LogP contribution in [0, 0.1) is 0 Å². The first-order valence-electron chi connectivity index (χ1n) is 9.31. The number of phenols is 1. The molecule has 0 aliphatic heterocycles. The molecule has 4 aromatic rings. The second-order valence-electron chi connectivity index (χ2n) is 6.99. The maximum absolute atomic E-state index is 11.6. The third kappa shape index (κ3) is 2.77. The van der Waals surface area contributed by atoms with Crippen LogP contribution >= 0.6 is 0 Å². The maximum Gasteiger partial charge on any atom is 0.339 e. The molecular formula is C23H17N3O3. The first kappa shape index (κ1) is 17.2. The predicted molar refractivity (Wildman–Crippen MR) is 108 cm³/mol. The molecule has 2 heterocycles. The van der Waals surface area contributed by atoms with Crippen molar-refractivity contribution >= 4 is 5.97 Å². The number of aromatic carboxylic acids is 1. The highest BCUT2D eigenvalue weighted by Crippen LogP contribution is 2.40. The van der Waals surface area contributed by atoms with Gasteiger partial charge < -0.3 is 14.8 Å². The van der Waals surface area contributed by atoms with Crippen LogP contribution in [-0.4, -0.2) is 30.9 Å². The molecule has 0 spiro atoms. The van der Waals surface area contributed by atoms with Crippen LogP contribution in [0.2, 0.25) is 0 Å². The van der Waals surface area contributed by atoms with E-state index in [9.17, 15) is 15.0 Å². The van der Waals surface area contributed by atoms with E-state index in [1.807, 2.05) is 36.4 Å². The quantitative estimate of drug-likeness (QED) is 0.556. The molecule has 0 amide bonds. The van der Waals surface area contributed by atoms with Crippen LogP contribution in [0.3, 0.4) is 0 Å². The van der Waals surface area contributed by atoms with Gasteiger partial charge in [-0.25, -0.2) is 4.79 Å². The summed E-state index contributed by atoms with van der Waals surface area (Å²) < 4.78 is 2.08. The Balaban J connectivity index is 1.81. The highest BCUT2D eigenvalue weighted by molar-refractivity contribution is 5.91. The van der Waals surface area contributed by atoms with Gasteiger partial charge in [0.2, 0.25) is 0 Å².